The Morgan fingerprint density at radius 1 is 1.30 bits per heavy atom. The highest BCUT2D eigenvalue weighted by Gasteiger charge is 2.16. The van der Waals surface area contributed by atoms with Crippen LogP contribution in [0, 0.1) is 0 Å². The normalized spacial score (nSPS) is 11.2. The van der Waals surface area contributed by atoms with Gasteiger partial charge in [-0.05, 0) is 57.4 Å². The number of ether oxygens (including phenoxy) is 2. The zero-order valence-electron chi connectivity index (χ0n) is 12.9. The van der Waals surface area contributed by atoms with Crippen LogP contribution in [0.2, 0.25) is 0 Å². The SMILES string of the molecule is CCCCc1cc(OCC(=O)OC(C)(C)C)ccc1N. The van der Waals surface area contributed by atoms with Crippen molar-refractivity contribution in [3.8, 4) is 5.75 Å². The van der Waals surface area contributed by atoms with Gasteiger partial charge in [0.05, 0.1) is 0 Å². The summed E-state index contributed by atoms with van der Waals surface area (Å²) in [5.41, 5.74) is 7.26. The number of nitrogens with two attached hydrogens (primary N) is 1. The first-order valence-corrected chi connectivity index (χ1v) is 7.05. The smallest absolute Gasteiger partial charge is 0.344 e. The van der Waals surface area contributed by atoms with Gasteiger partial charge in [-0.15, -0.1) is 0 Å². The van der Waals surface area contributed by atoms with Gasteiger partial charge in [0.25, 0.3) is 0 Å². The Bertz CT molecular complexity index is 450. The third-order valence-corrected chi connectivity index (χ3v) is 2.69. The molecule has 0 heterocycles. The van der Waals surface area contributed by atoms with E-state index in [0.29, 0.717) is 5.75 Å². The fourth-order valence-electron chi connectivity index (χ4n) is 1.77. The number of anilines is 1. The van der Waals surface area contributed by atoms with E-state index in [1.165, 1.54) is 0 Å². The van der Waals surface area contributed by atoms with Gasteiger partial charge in [0, 0.05) is 5.69 Å². The molecule has 0 amide bonds. The number of esters is 1. The summed E-state index contributed by atoms with van der Waals surface area (Å²) in [6, 6.07) is 5.49. The van der Waals surface area contributed by atoms with E-state index in [2.05, 4.69) is 6.92 Å². The summed E-state index contributed by atoms with van der Waals surface area (Å²) in [4.78, 5) is 11.6. The predicted octanol–water partition coefficient (Wildman–Crippen LogP) is 3.33. The highest BCUT2D eigenvalue weighted by atomic mass is 16.6. The van der Waals surface area contributed by atoms with Crippen molar-refractivity contribution in [2.75, 3.05) is 12.3 Å². The molecule has 1 aromatic rings. The maximum atomic E-state index is 11.6. The second kappa shape index (κ2) is 7.17. The van der Waals surface area contributed by atoms with Gasteiger partial charge < -0.3 is 15.2 Å². The third kappa shape index (κ3) is 5.95. The van der Waals surface area contributed by atoms with E-state index in [-0.39, 0.29) is 12.6 Å². The molecule has 4 nitrogen and oxygen atoms in total. The van der Waals surface area contributed by atoms with Gasteiger partial charge in [0.1, 0.15) is 11.4 Å². The average Bonchev–Trinajstić information content (AvgIpc) is 2.34. The van der Waals surface area contributed by atoms with E-state index in [0.717, 1.165) is 30.5 Å². The molecular weight excluding hydrogens is 254 g/mol. The fourth-order valence-corrected chi connectivity index (χ4v) is 1.77. The summed E-state index contributed by atoms with van der Waals surface area (Å²) in [6.45, 7) is 7.54. The summed E-state index contributed by atoms with van der Waals surface area (Å²) >= 11 is 0. The molecular formula is C16H25NO3. The van der Waals surface area contributed by atoms with Crippen molar-refractivity contribution in [3.05, 3.63) is 23.8 Å². The summed E-state index contributed by atoms with van der Waals surface area (Å²) in [6.07, 6.45) is 3.12. The molecule has 0 bridgehead atoms. The van der Waals surface area contributed by atoms with Gasteiger partial charge in [-0.25, -0.2) is 4.79 Å². The molecule has 0 aliphatic rings. The zero-order chi connectivity index (χ0) is 15.2. The Morgan fingerprint density at radius 2 is 2.00 bits per heavy atom. The summed E-state index contributed by atoms with van der Waals surface area (Å²) in [7, 11) is 0. The zero-order valence-corrected chi connectivity index (χ0v) is 12.9. The molecule has 2 N–H and O–H groups in total. The number of rotatable bonds is 6. The molecule has 20 heavy (non-hydrogen) atoms. The highest BCUT2D eigenvalue weighted by molar-refractivity contribution is 5.71. The number of benzene rings is 1. The van der Waals surface area contributed by atoms with Crippen LogP contribution in [0.5, 0.6) is 5.75 Å². The average molecular weight is 279 g/mol. The van der Waals surface area contributed by atoms with E-state index in [1.54, 1.807) is 6.07 Å². The number of unbranched alkanes of at least 4 members (excludes halogenated alkanes) is 1. The molecule has 0 saturated heterocycles. The first kappa shape index (κ1) is 16.3. The van der Waals surface area contributed by atoms with Crippen molar-refractivity contribution in [2.45, 2.75) is 52.6 Å². The van der Waals surface area contributed by atoms with Crippen LogP contribution in [0.3, 0.4) is 0 Å². The Balaban J connectivity index is 2.58. The van der Waals surface area contributed by atoms with Gasteiger partial charge in [-0.2, -0.15) is 0 Å². The lowest BCUT2D eigenvalue weighted by Gasteiger charge is -2.19. The third-order valence-electron chi connectivity index (χ3n) is 2.69. The van der Waals surface area contributed by atoms with E-state index >= 15 is 0 Å². The summed E-state index contributed by atoms with van der Waals surface area (Å²) < 4.78 is 10.6. The van der Waals surface area contributed by atoms with Gasteiger partial charge >= 0.3 is 5.97 Å². The molecule has 0 fully saturated rings. The van der Waals surface area contributed by atoms with Crippen molar-refractivity contribution >= 4 is 11.7 Å². The van der Waals surface area contributed by atoms with Crippen LogP contribution in [0.1, 0.15) is 46.1 Å². The molecule has 0 aliphatic heterocycles. The standard InChI is InChI=1S/C16H25NO3/c1-5-6-7-12-10-13(8-9-14(12)17)19-11-15(18)20-16(2,3)4/h8-10H,5-7,11,17H2,1-4H3. The number of hydrogen-bond donors (Lipinski definition) is 1. The molecule has 0 aromatic heterocycles. The van der Waals surface area contributed by atoms with Crippen molar-refractivity contribution in [1.29, 1.82) is 0 Å². The summed E-state index contributed by atoms with van der Waals surface area (Å²) in [5.74, 6) is 0.278. The molecule has 0 unspecified atom stereocenters. The molecule has 1 rings (SSSR count). The Hall–Kier alpha value is -1.71. The maximum absolute atomic E-state index is 11.6. The Labute approximate surface area is 121 Å². The minimum absolute atomic E-state index is 0.0889. The molecule has 1 aromatic carbocycles. The van der Waals surface area contributed by atoms with Crippen molar-refractivity contribution < 1.29 is 14.3 Å². The minimum Gasteiger partial charge on any atom is -0.482 e. The van der Waals surface area contributed by atoms with Crippen molar-refractivity contribution in [2.24, 2.45) is 0 Å². The number of nitrogen functional groups attached to an aromatic ring is 1. The van der Waals surface area contributed by atoms with Crippen LogP contribution in [-0.2, 0) is 16.0 Å². The number of hydrogen-bond acceptors (Lipinski definition) is 4. The number of aryl methyl sites for hydroxylation is 1. The number of carbonyl (C=O) groups excluding carboxylic acids is 1. The molecule has 0 spiro atoms. The van der Waals surface area contributed by atoms with Crippen LogP contribution in [0.15, 0.2) is 18.2 Å². The first-order chi connectivity index (χ1) is 9.31. The van der Waals surface area contributed by atoms with E-state index in [1.807, 2.05) is 32.9 Å². The molecule has 0 radical (unpaired) electrons. The molecule has 112 valence electrons. The van der Waals surface area contributed by atoms with Gasteiger partial charge in [-0.1, -0.05) is 13.3 Å². The summed E-state index contributed by atoms with van der Waals surface area (Å²) in [5, 5.41) is 0. The quantitative estimate of drug-likeness (QED) is 0.641. The van der Waals surface area contributed by atoms with E-state index < -0.39 is 5.60 Å². The van der Waals surface area contributed by atoms with Crippen LogP contribution in [0.4, 0.5) is 5.69 Å². The van der Waals surface area contributed by atoms with Crippen LogP contribution >= 0.6 is 0 Å². The van der Waals surface area contributed by atoms with Gasteiger partial charge in [0.15, 0.2) is 6.61 Å². The minimum atomic E-state index is -0.492. The van der Waals surface area contributed by atoms with Crippen LogP contribution in [-0.4, -0.2) is 18.2 Å². The van der Waals surface area contributed by atoms with Gasteiger partial charge in [-0.3, -0.25) is 0 Å². The largest absolute Gasteiger partial charge is 0.482 e. The Morgan fingerprint density at radius 3 is 2.60 bits per heavy atom. The first-order valence-electron chi connectivity index (χ1n) is 7.05. The molecule has 0 aliphatic carbocycles. The monoisotopic (exact) mass is 279 g/mol. The predicted molar refractivity (Wildman–Crippen MR) is 80.8 cm³/mol. The van der Waals surface area contributed by atoms with E-state index in [9.17, 15) is 4.79 Å². The lowest BCUT2D eigenvalue weighted by atomic mass is 10.1. The lowest BCUT2D eigenvalue weighted by molar-refractivity contribution is -0.157. The van der Waals surface area contributed by atoms with Gasteiger partial charge in [0.2, 0.25) is 0 Å². The second-order valence-electron chi connectivity index (χ2n) is 5.84. The maximum Gasteiger partial charge on any atom is 0.344 e. The lowest BCUT2D eigenvalue weighted by Crippen LogP contribution is -2.27. The second-order valence-corrected chi connectivity index (χ2v) is 5.84. The van der Waals surface area contributed by atoms with Crippen LogP contribution in [0.25, 0.3) is 0 Å². The molecule has 0 atom stereocenters. The topological polar surface area (TPSA) is 61.5 Å². The van der Waals surface area contributed by atoms with Crippen molar-refractivity contribution in [3.63, 3.8) is 0 Å². The molecule has 4 heteroatoms. The van der Waals surface area contributed by atoms with Crippen molar-refractivity contribution in [1.82, 2.24) is 0 Å². The van der Waals surface area contributed by atoms with Crippen LogP contribution < -0.4 is 10.5 Å². The Kier molecular flexibility index (Phi) is 5.86. The number of carbonyl (C=O) groups is 1. The fraction of sp³-hybridized carbons (Fsp3) is 0.562. The highest BCUT2D eigenvalue weighted by Crippen LogP contribution is 2.21. The molecule has 0 saturated carbocycles. The van der Waals surface area contributed by atoms with E-state index in [4.69, 9.17) is 15.2 Å².